The lowest BCUT2D eigenvalue weighted by atomic mass is 10.2. The van der Waals surface area contributed by atoms with Crippen molar-refractivity contribution in [3.05, 3.63) is 60.5 Å². The summed E-state index contributed by atoms with van der Waals surface area (Å²) in [5, 5.41) is 13.7. The van der Waals surface area contributed by atoms with Crippen LogP contribution < -0.4 is 16.0 Å². The molecule has 1 fully saturated rings. The van der Waals surface area contributed by atoms with E-state index in [0.29, 0.717) is 34.8 Å². The number of benzene rings is 1. The first kappa shape index (κ1) is 19.9. The van der Waals surface area contributed by atoms with Crippen molar-refractivity contribution in [1.29, 1.82) is 0 Å². The number of ether oxygens (including phenoxy) is 1. The Hall–Kier alpha value is -3.43. The normalized spacial score (nSPS) is 15.6. The van der Waals surface area contributed by atoms with E-state index in [2.05, 4.69) is 37.6 Å². The number of halogens is 1. The molecule has 0 saturated carbocycles. The topological polar surface area (TPSA) is 106 Å². The molecular formula is C20H20ClN7O2. The van der Waals surface area contributed by atoms with E-state index in [1.54, 1.807) is 24.4 Å². The molecule has 9 nitrogen and oxygen atoms in total. The number of carbonyl (C=O) groups is 1. The average molecular weight is 426 g/mol. The minimum absolute atomic E-state index is 0.248. The van der Waals surface area contributed by atoms with Crippen LogP contribution in [-0.2, 0) is 9.53 Å². The van der Waals surface area contributed by atoms with Gasteiger partial charge in [0, 0.05) is 24.2 Å². The zero-order valence-corrected chi connectivity index (χ0v) is 16.8. The Balaban J connectivity index is 1.48. The van der Waals surface area contributed by atoms with Crippen molar-refractivity contribution in [2.24, 2.45) is 0 Å². The first-order valence-corrected chi connectivity index (χ1v) is 9.70. The quantitative estimate of drug-likeness (QED) is 0.493. The molecule has 1 aromatic carbocycles. The fourth-order valence-corrected chi connectivity index (χ4v) is 3.12. The van der Waals surface area contributed by atoms with Gasteiger partial charge < -0.3 is 20.7 Å². The monoisotopic (exact) mass is 425 g/mol. The number of aromatic nitrogens is 4. The van der Waals surface area contributed by atoms with Crippen LogP contribution in [0.5, 0.6) is 0 Å². The molecule has 3 N–H and O–H groups in total. The summed E-state index contributed by atoms with van der Waals surface area (Å²) in [4.78, 5) is 20.2. The van der Waals surface area contributed by atoms with Crippen LogP contribution in [0.15, 0.2) is 55.5 Å². The summed E-state index contributed by atoms with van der Waals surface area (Å²) in [6.45, 7) is 4.86. The smallest absolute Gasteiger partial charge is 0.247 e. The zero-order chi connectivity index (χ0) is 20.9. The first-order chi connectivity index (χ1) is 14.6. The Morgan fingerprint density at radius 2 is 2.13 bits per heavy atom. The first-order valence-electron chi connectivity index (χ1n) is 9.32. The summed E-state index contributed by atoms with van der Waals surface area (Å²) < 4.78 is 7.29. The Morgan fingerprint density at radius 3 is 2.93 bits per heavy atom. The molecule has 1 aliphatic heterocycles. The molecule has 3 heterocycles. The van der Waals surface area contributed by atoms with Gasteiger partial charge in [-0.3, -0.25) is 9.48 Å². The van der Waals surface area contributed by atoms with E-state index in [1.165, 1.54) is 12.3 Å². The number of nitrogens with zero attached hydrogens (tertiary/aromatic N) is 4. The van der Waals surface area contributed by atoms with Crippen molar-refractivity contribution < 1.29 is 9.53 Å². The molecule has 30 heavy (non-hydrogen) atoms. The highest BCUT2D eigenvalue weighted by atomic mass is 35.5. The SMILES string of the molecule is C=CC(=O)Nc1cccc(Nc2nc(Nc3cnn(C4CCOC4)c3)ncc2Cl)c1. The maximum Gasteiger partial charge on any atom is 0.247 e. The summed E-state index contributed by atoms with van der Waals surface area (Å²) in [7, 11) is 0. The van der Waals surface area contributed by atoms with E-state index < -0.39 is 0 Å². The summed E-state index contributed by atoms with van der Waals surface area (Å²) in [6.07, 6.45) is 7.28. The van der Waals surface area contributed by atoms with Gasteiger partial charge in [-0.25, -0.2) is 4.98 Å². The van der Waals surface area contributed by atoms with Gasteiger partial charge in [0.2, 0.25) is 11.9 Å². The molecule has 1 unspecified atom stereocenters. The van der Waals surface area contributed by atoms with E-state index in [4.69, 9.17) is 16.3 Å². The highest BCUT2D eigenvalue weighted by molar-refractivity contribution is 6.32. The number of rotatable bonds is 7. The van der Waals surface area contributed by atoms with Gasteiger partial charge in [0.05, 0.1) is 30.7 Å². The summed E-state index contributed by atoms with van der Waals surface area (Å²) in [6, 6.07) is 7.42. The third kappa shape index (κ3) is 4.76. The van der Waals surface area contributed by atoms with Gasteiger partial charge in [-0.05, 0) is 30.7 Å². The van der Waals surface area contributed by atoms with Gasteiger partial charge >= 0.3 is 0 Å². The Bertz CT molecular complexity index is 1060. The van der Waals surface area contributed by atoms with Crippen LogP contribution in [-0.4, -0.2) is 38.9 Å². The molecule has 1 saturated heterocycles. The number of hydrogen-bond acceptors (Lipinski definition) is 7. The Kier molecular flexibility index (Phi) is 5.92. The van der Waals surface area contributed by atoms with Gasteiger partial charge in [-0.1, -0.05) is 24.2 Å². The second-order valence-corrected chi connectivity index (χ2v) is 7.05. The van der Waals surface area contributed by atoms with E-state index in [0.717, 1.165) is 18.7 Å². The minimum Gasteiger partial charge on any atom is -0.379 e. The van der Waals surface area contributed by atoms with Gasteiger partial charge in [-0.15, -0.1) is 0 Å². The van der Waals surface area contributed by atoms with E-state index in [1.807, 2.05) is 16.9 Å². The largest absolute Gasteiger partial charge is 0.379 e. The van der Waals surface area contributed by atoms with Crippen LogP contribution in [0.3, 0.4) is 0 Å². The molecule has 1 atom stereocenters. The second-order valence-electron chi connectivity index (χ2n) is 6.64. The molecule has 0 bridgehead atoms. The number of amides is 1. The average Bonchev–Trinajstić information content (AvgIpc) is 3.43. The number of hydrogen-bond donors (Lipinski definition) is 3. The number of anilines is 5. The summed E-state index contributed by atoms with van der Waals surface area (Å²) in [5.41, 5.74) is 2.10. The lowest BCUT2D eigenvalue weighted by molar-refractivity contribution is -0.111. The van der Waals surface area contributed by atoms with Crippen LogP contribution >= 0.6 is 11.6 Å². The number of carbonyl (C=O) groups excluding carboxylic acids is 1. The van der Waals surface area contributed by atoms with Crippen molar-refractivity contribution in [2.75, 3.05) is 29.2 Å². The second kappa shape index (κ2) is 8.93. The highest BCUT2D eigenvalue weighted by Crippen LogP contribution is 2.27. The van der Waals surface area contributed by atoms with E-state index in [-0.39, 0.29) is 11.9 Å². The van der Waals surface area contributed by atoms with Crippen molar-refractivity contribution in [2.45, 2.75) is 12.5 Å². The van der Waals surface area contributed by atoms with Crippen LogP contribution in [0.25, 0.3) is 0 Å². The lowest BCUT2D eigenvalue weighted by Crippen LogP contribution is -2.08. The Labute approximate surface area is 178 Å². The lowest BCUT2D eigenvalue weighted by Gasteiger charge is -2.11. The standard InChI is InChI=1S/C20H20ClN7O2/c1-2-18(29)24-13-4-3-5-14(8-13)25-19-17(21)10-22-20(27-19)26-15-9-23-28(11-15)16-6-7-30-12-16/h2-5,8-11,16H,1,6-7,12H2,(H,24,29)(H2,22,25,26,27). The molecule has 1 amide bonds. The third-order valence-corrected chi connectivity index (χ3v) is 4.74. The summed E-state index contributed by atoms with van der Waals surface area (Å²) in [5.74, 6) is 0.515. The third-order valence-electron chi connectivity index (χ3n) is 4.46. The van der Waals surface area contributed by atoms with Crippen LogP contribution in [0.4, 0.5) is 28.8 Å². The molecule has 2 aromatic heterocycles. The fraction of sp³-hybridized carbons (Fsp3) is 0.200. The zero-order valence-electron chi connectivity index (χ0n) is 16.0. The van der Waals surface area contributed by atoms with Crippen LogP contribution in [0, 0.1) is 0 Å². The van der Waals surface area contributed by atoms with Crippen molar-refractivity contribution in [1.82, 2.24) is 19.7 Å². The molecule has 0 radical (unpaired) electrons. The molecule has 4 rings (SSSR count). The van der Waals surface area contributed by atoms with Gasteiger partial charge in [0.1, 0.15) is 5.02 Å². The molecule has 3 aromatic rings. The predicted octanol–water partition coefficient (Wildman–Crippen LogP) is 3.90. The van der Waals surface area contributed by atoms with E-state index in [9.17, 15) is 4.79 Å². The van der Waals surface area contributed by atoms with Crippen molar-refractivity contribution in [3.8, 4) is 0 Å². The molecular weight excluding hydrogens is 406 g/mol. The van der Waals surface area contributed by atoms with Gasteiger partial charge in [0.25, 0.3) is 0 Å². The van der Waals surface area contributed by atoms with Crippen molar-refractivity contribution in [3.63, 3.8) is 0 Å². The summed E-state index contributed by atoms with van der Waals surface area (Å²) >= 11 is 6.26. The maximum absolute atomic E-state index is 11.5. The maximum atomic E-state index is 11.5. The molecule has 0 aliphatic carbocycles. The fourth-order valence-electron chi connectivity index (χ4n) is 2.98. The van der Waals surface area contributed by atoms with Crippen LogP contribution in [0.1, 0.15) is 12.5 Å². The Morgan fingerprint density at radius 1 is 1.27 bits per heavy atom. The number of nitrogens with one attached hydrogen (secondary N) is 3. The van der Waals surface area contributed by atoms with Gasteiger partial charge in [0.15, 0.2) is 5.82 Å². The molecule has 1 aliphatic rings. The highest BCUT2D eigenvalue weighted by Gasteiger charge is 2.18. The minimum atomic E-state index is -0.289. The van der Waals surface area contributed by atoms with Crippen molar-refractivity contribution >= 4 is 46.3 Å². The predicted molar refractivity (Wildman–Crippen MR) is 116 cm³/mol. The molecule has 0 spiro atoms. The van der Waals surface area contributed by atoms with E-state index >= 15 is 0 Å². The van der Waals surface area contributed by atoms with Gasteiger partial charge in [-0.2, -0.15) is 10.1 Å². The molecule has 154 valence electrons. The van der Waals surface area contributed by atoms with Crippen LogP contribution in [0.2, 0.25) is 5.02 Å². The molecule has 10 heteroatoms.